The van der Waals surface area contributed by atoms with Crippen molar-refractivity contribution in [3.63, 3.8) is 0 Å². The van der Waals surface area contributed by atoms with Crippen molar-refractivity contribution in [2.45, 2.75) is 44.1 Å². The molecule has 5 heteroatoms. The van der Waals surface area contributed by atoms with Gasteiger partial charge in [0.1, 0.15) is 11.8 Å². The Labute approximate surface area is 128 Å². The molecular formula is C17H18N2O3. The molecule has 0 aliphatic carbocycles. The average molecular weight is 298 g/mol. The Bertz CT molecular complexity index is 703. The van der Waals surface area contributed by atoms with Crippen molar-refractivity contribution in [2.24, 2.45) is 5.92 Å². The number of rotatable bonds is 1. The molecule has 1 spiro atoms. The number of nitrogens with zero attached hydrogens (tertiary/aromatic N) is 2. The summed E-state index contributed by atoms with van der Waals surface area (Å²) in [6.07, 6.45) is 2.61. The van der Waals surface area contributed by atoms with Crippen molar-refractivity contribution in [3.8, 4) is 0 Å². The van der Waals surface area contributed by atoms with Crippen LogP contribution in [0.4, 0.5) is 5.69 Å². The first kappa shape index (κ1) is 12.6. The van der Waals surface area contributed by atoms with E-state index in [4.69, 9.17) is 4.74 Å². The number of amides is 2. The molecule has 5 rings (SSSR count). The minimum atomic E-state index is -0.485. The highest BCUT2D eigenvalue weighted by Crippen LogP contribution is 2.58. The molecule has 4 aliphatic heterocycles. The monoisotopic (exact) mass is 298 g/mol. The van der Waals surface area contributed by atoms with Gasteiger partial charge in [0.15, 0.2) is 0 Å². The second-order valence-corrected chi connectivity index (χ2v) is 6.71. The minimum Gasteiger partial charge on any atom is -0.367 e. The van der Waals surface area contributed by atoms with Gasteiger partial charge in [-0.3, -0.25) is 14.5 Å². The number of anilines is 1. The number of hydrogen-bond donors (Lipinski definition) is 0. The van der Waals surface area contributed by atoms with Crippen LogP contribution in [0.25, 0.3) is 0 Å². The smallest absolute Gasteiger partial charge is 0.257 e. The topological polar surface area (TPSA) is 49.9 Å². The molecule has 0 radical (unpaired) electrons. The van der Waals surface area contributed by atoms with Crippen molar-refractivity contribution in [1.82, 2.24) is 4.90 Å². The summed E-state index contributed by atoms with van der Waals surface area (Å²) in [5.74, 6) is 0.0518. The predicted molar refractivity (Wildman–Crippen MR) is 79.4 cm³/mol. The lowest BCUT2D eigenvalue weighted by atomic mass is 9.78. The van der Waals surface area contributed by atoms with E-state index in [1.54, 1.807) is 0 Å². The Morgan fingerprint density at radius 3 is 2.91 bits per heavy atom. The van der Waals surface area contributed by atoms with Crippen LogP contribution in [0, 0.1) is 5.92 Å². The van der Waals surface area contributed by atoms with Crippen molar-refractivity contribution in [2.75, 3.05) is 11.4 Å². The molecule has 3 saturated heterocycles. The fraction of sp³-hybridized carbons (Fsp3) is 0.529. The first-order valence-corrected chi connectivity index (χ1v) is 8.08. The van der Waals surface area contributed by atoms with E-state index in [0.29, 0.717) is 12.1 Å². The van der Waals surface area contributed by atoms with Crippen LogP contribution in [-0.4, -0.2) is 41.1 Å². The van der Waals surface area contributed by atoms with Gasteiger partial charge in [0.05, 0.1) is 23.3 Å². The third-order valence-corrected chi connectivity index (χ3v) is 5.84. The van der Waals surface area contributed by atoms with E-state index in [-0.39, 0.29) is 30.0 Å². The van der Waals surface area contributed by atoms with Gasteiger partial charge in [-0.25, -0.2) is 0 Å². The second kappa shape index (κ2) is 3.90. The maximum absolute atomic E-state index is 13.0. The highest BCUT2D eigenvalue weighted by atomic mass is 16.5. The molecule has 114 valence electrons. The van der Waals surface area contributed by atoms with E-state index in [1.807, 2.05) is 41.0 Å². The Hall–Kier alpha value is -1.88. The van der Waals surface area contributed by atoms with E-state index in [0.717, 1.165) is 24.9 Å². The van der Waals surface area contributed by atoms with E-state index >= 15 is 0 Å². The summed E-state index contributed by atoms with van der Waals surface area (Å²) in [7, 11) is 0. The van der Waals surface area contributed by atoms with Crippen molar-refractivity contribution in [3.05, 3.63) is 29.8 Å². The Morgan fingerprint density at radius 2 is 2.14 bits per heavy atom. The van der Waals surface area contributed by atoms with Gasteiger partial charge in [-0.05, 0) is 38.3 Å². The van der Waals surface area contributed by atoms with E-state index in [1.165, 1.54) is 0 Å². The summed E-state index contributed by atoms with van der Waals surface area (Å²) in [6.45, 7) is 2.56. The molecule has 0 N–H and O–H groups in total. The number of ether oxygens (including phenoxy) is 1. The lowest BCUT2D eigenvalue weighted by molar-refractivity contribution is -0.122. The van der Waals surface area contributed by atoms with Gasteiger partial charge in [-0.15, -0.1) is 0 Å². The largest absolute Gasteiger partial charge is 0.367 e. The molecule has 2 amide bonds. The maximum Gasteiger partial charge on any atom is 0.257 e. The molecule has 0 saturated carbocycles. The zero-order valence-corrected chi connectivity index (χ0v) is 12.5. The molecule has 0 unspecified atom stereocenters. The van der Waals surface area contributed by atoms with Crippen LogP contribution in [-0.2, 0) is 9.53 Å². The average Bonchev–Trinajstić information content (AvgIpc) is 3.19. The third kappa shape index (κ3) is 1.21. The van der Waals surface area contributed by atoms with Gasteiger partial charge < -0.3 is 9.64 Å². The molecule has 1 aromatic rings. The summed E-state index contributed by atoms with van der Waals surface area (Å²) in [5.41, 5.74) is 0.893. The fourth-order valence-electron chi connectivity index (χ4n) is 4.99. The summed E-state index contributed by atoms with van der Waals surface area (Å²) in [6, 6.07) is 7.44. The summed E-state index contributed by atoms with van der Waals surface area (Å²) >= 11 is 0. The van der Waals surface area contributed by atoms with Crippen molar-refractivity contribution >= 4 is 17.5 Å². The number of benzene rings is 1. The van der Waals surface area contributed by atoms with Gasteiger partial charge in [-0.1, -0.05) is 12.1 Å². The molecule has 5 nitrogen and oxygen atoms in total. The van der Waals surface area contributed by atoms with Gasteiger partial charge in [-0.2, -0.15) is 0 Å². The molecule has 4 heterocycles. The van der Waals surface area contributed by atoms with Crippen molar-refractivity contribution in [1.29, 1.82) is 0 Å². The van der Waals surface area contributed by atoms with Crippen LogP contribution >= 0.6 is 0 Å². The van der Waals surface area contributed by atoms with E-state index in [9.17, 15) is 9.59 Å². The molecule has 1 aromatic carbocycles. The lowest BCUT2D eigenvalue weighted by Crippen LogP contribution is -2.61. The summed E-state index contributed by atoms with van der Waals surface area (Å²) < 4.78 is 6.26. The van der Waals surface area contributed by atoms with E-state index in [2.05, 4.69) is 0 Å². The Morgan fingerprint density at radius 1 is 1.32 bits per heavy atom. The quantitative estimate of drug-likeness (QED) is 0.794. The van der Waals surface area contributed by atoms with Crippen LogP contribution in [0.1, 0.15) is 36.5 Å². The van der Waals surface area contributed by atoms with Crippen LogP contribution in [0.3, 0.4) is 0 Å². The molecule has 0 aromatic heterocycles. The number of para-hydroxylation sites is 1. The number of carbonyl (C=O) groups is 2. The Balaban J connectivity index is 1.75. The molecular weight excluding hydrogens is 280 g/mol. The molecule has 4 aliphatic rings. The normalized spacial score (nSPS) is 38.3. The number of carbonyl (C=O) groups excluding carboxylic acids is 2. The highest BCUT2D eigenvalue weighted by Gasteiger charge is 2.70. The third-order valence-electron chi connectivity index (χ3n) is 5.84. The molecule has 2 bridgehead atoms. The van der Waals surface area contributed by atoms with Crippen LogP contribution in [0.15, 0.2) is 24.3 Å². The van der Waals surface area contributed by atoms with E-state index < -0.39 is 5.60 Å². The van der Waals surface area contributed by atoms with Crippen LogP contribution in [0.2, 0.25) is 0 Å². The van der Waals surface area contributed by atoms with Gasteiger partial charge in [0, 0.05) is 6.54 Å². The van der Waals surface area contributed by atoms with Crippen LogP contribution in [0.5, 0.6) is 0 Å². The Kier molecular flexibility index (Phi) is 2.24. The van der Waals surface area contributed by atoms with Gasteiger partial charge >= 0.3 is 0 Å². The summed E-state index contributed by atoms with van der Waals surface area (Å²) in [5, 5.41) is 0. The lowest BCUT2D eigenvalue weighted by Gasteiger charge is -2.45. The zero-order chi connectivity index (χ0) is 15.1. The first-order valence-electron chi connectivity index (χ1n) is 8.08. The predicted octanol–water partition coefficient (Wildman–Crippen LogP) is 1.77. The SMILES string of the molecule is CCN1C(=O)c2ccccc2N2C(=O)[C@@H]3C[C@H]4CC[C@@]3(O4)[C@H]12. The van der Waals surface area contributed by atoms with Gasteiger partial charge in [0.25, 0.3) is 5.91 Å². The fourth-order valence-corrected chi connectivity index (χ4v) is 4.99. The summed E-state index contributed by atoms with van der Waals surface area (Å²) in [4.78, 5) is 29.6. The minimum absolute atomic E-state index is 0.0149. The van der Waals surface area contributed by atoms with Gasteiger partial charge in [0.2, 0.25) is 5.91 Å². The molecule has 4 atom stereocenters. The van der Waals surface area contributed by atoms with Crippen LogP contribution < -0.4 is 4.90 Å². The zero-order valence-electron chi connectivity index (χ0n) is 12.5. The number of likely N-dealkylation sites (N-methyl/N-ethyl adjacent to an activating group) is 1. The molecule has 22 heavy (non-hydrogen) atoms. The second-order valence-electron chi connectivity index (χ2n) is 6.71. The number of fused-ring (bicyclic) bond motifs is 4. The maximum atomic E-state index is 13.0. The number of hydrogen-bond acceptors (Lipinski definition) is 3. The molecule has 3 fully saturated rings. The highest BCUT2D eigenvalue weighted by molar-refractivity contribution is 6.11. The first-order chi connectivity index (χ1) is 10.7. The van der Waals surface area contributed by atoms with Crippen molar-refractivity contribution < 1.29 is 14.3 Å². The standard InChI is InChI=1S/C17H18N2O3/c1-2-18-14(20)11-5-3-4-6-13(11)19-15(21)12-9-10-7-8-17(12,22-10)16(18)19/h3-6,10,12,16H,2,7-9H2,1H3/t10-,12+,16-,17+/m1/s1.